The molecule has 0 aliphatic heterocycles. The second kappa shape index (κ2) is 7.00. The molecule has 0 unspecified atom stereocenters. The predicted molar refractivity (Wildman–Crippen MR) is 87.7 cm³/mol. The van der Waals surface area contributed by atoms with E-state index in [4.69, 9.17) is 4.74 Å². The van der Waals surface area contributed by atoms with Crippen molar-refractivity contribution in [3.8, 4) is 5.75 Å². The number of nitrogens with zero attached hydrogens (tertiary/aromatic N) is 1. The summed E-state index contributed by atoms with van der Waals surface area (Å²) in [5, 5.41) is 2.75. The Kier molecular flexibility index (Phi) is 5.82. The molecular weight excluding hydrogens is 304 g/mol. The summed E-state index contributed by atoms with van der Waals surface area (Å²) in [6.45, 7) is 7.66. The van der Waals surface area contributed by atoms with Crippen molar-refractivity contribution in [2.75, 3.05) is 23.7 Å². The van der Waals surface area contributed by atoms with Crippen molar-refractivity contribution < 1.29 is 17.9 Å². The van der Waals surface area contributed by atoms with Crippen LogP contribution in [-0.2, 0) is 14.8 Å². The highest BCUT2D eigenvalue weighted by atomic mass is 32.2. The van der Waals surface area contributed by atoms with Crippen molar-refractivity contribution in [1.29, 1.82) is 0 Å². The third-order valence-corrected chi connectivity index (χ3v) is 3.78. The van der Waals surface area contributed by atoms with Crippen molar-refractivity contribution in [2.24, 2.45) is 0 Å². The molecule has 124 valence electrons. The molecule has 0 saturated heterocycles. The van der Waals surface area contributed by atoms with Crippen LogP contribution in [0.15, 0.2) is 24.3 Å². The van der Waals surface area contributed by atoms with Gasteiger partial charge in [0.25, 0.3) is 0 Å². The lowest BCUT2D eigenvalue weighted by atomic mass is 10.1. The maximum atomic E-state index is 12.0. The van der Waals surface area contributed by atoms with Crippen LogP contribution in [0.4, 0.5) is 5.69 Å². The number of amides is 1. The molecule has 0 atom stereocenters. The van der Waals surface area contributed by atoms with Crippen molar-refractivity contribution >= 4 is 21.6 Å². The molecule has 1 aromatic rings. The molecule has 0 bridgehead atoms. The number of carbonyl (C=O) groups excluding carboxylic acids is 1. The van der Waals surface area contributed by atoms with Gasteiger partial charge in [0.15, 0.2) is 0 Å². The molecule has 0 aliphatic rings. The summed E-state index contributed by atoms with van der Waals surface area (Å²) >= 11 is 0. The van der Waals surface area contributed by atoms with Crippen LogP contribution in [0.3, 0.4) is 0 Å². The van der Waals surface area contributed by atoms with E-state index in [1.807, 2.05) is 27.7 Å². The first-order valence-corrected chi connectivity index (χ1v) is 8.89. The van der Waals surface area contributed by atoms with E-state index in [1.165, 1.54) is 0 Å². The van der Waals surface area contributed by atoms with Crippen LogP contribution >= 0.6 is 0 Å². The van der Waals surface area contributed by atoms with Gasteiger partial charge < -0.3 is 10.1 Å². The Labute approximate surface area is 132 Å². The maximum Gasteiger partial charge on any atom is 0.241 e. The highest BCUT2D eigenvalue weighted by Crippen LogP contribution is 2.21. The average molecular weight is 328 g/mol. The summed E-state index contributed by atoms with van der Waals surface area (Å²) in [6, 6.07) is 6.60. The number of benzene rings is 1. The van der Waals surface area contributed by atoms with Gasteiger partial charge in [0.2, 0.25) is 15.9 Å². The lowest BCUT2D eigenvalue weighted by Crippen LogP contribution is -2.47. The van der Waals surface area contributed by atoms with E-state index in [0.29, 0.717) is 18.0 Å². The van der Waals surface area contributed by atoms with Crippen LogP contribution in [0.1, 0.15) is 27.7 Å². The Balaban J connectivity index is 2.97. The van der Waals surface area contributed by atoms with Crippen molar-refractivity contribution in [1.82, 2.24) is 5.32 Å². The van der Waals surface area contributed by atoms with E-state index in [2.05, 4.69) is 5.32 Å². The van der Waals surface area contributed by atoms with Crippen molar-refractivity contribution in [3.05, 3.63) is 24.3 Å². The minimum Gasteiger partial charge on any atom is -0.494 e. The molecule has 0 aliphatic carbocycles. The van der Waals surface area contributed by atoms with Gasteiger partial charge in [-0.1, -0.05) is 0 Å². The smallest absolute Gasteiger partial charge is 0.241 e. The molecule has 0 radical (unpaired) electrons. The van der Waals surface area contributed by atoms with Crippen LogP contribution in [0.2, 0.25) is 0 Å². The fourth-order valence-corrected chi connectivity index (χ4v) is 2.72. The predicted octanol–water partition coefficient (Wildman–Crippen LogP) is 1.77. The summed E-state index contributed by atoms with van der Waals surface area (Å²) in [6.07, 6.45) is 1.08. The van der Waals surface area contributed by atoms with Crippen LogP contribution in [-0.4, -0.2) is 39.3 Å². The average Bonchev–Trinajstić information content (AvgIpc) is 2.34. The standard InChI is InChI=1S/C15H24N2O4S/c1-6-21-13-9-7-12(8-10-13)17(22(5,19)20)11-14(18)16-15(2,3)4/h7-10H,6,11H2,1-5H3,(H,16,18). The number of rotatable bonds is 6. The van der Waals surface area contributed by atoms with E-state index >= 15 is 0 Å². The summed E-state index contributed by atoms with van der Waals surface area (Å²) in [7, 11) is -3.56. The summed E-state index contributed by atoms with van der Waals surface area (Å²) in [5.74, 6) is 0.297. The Bertz CT molecular complexity index is 603. The van der Waals surface area contributed by atoms with Gasteiger partial charge in [-0.15, -0.1) is 0 Å². The zero-order valence-corrected chi connectivity index (χ0v) is 14.5. The van der Waals surface area contributed by atoms with Crippen molar-refractivity contribution in [2.45, 2.75) is 33.2 Å². The molecule has 1 rings (SSSR count). The zero-order valence-electron chi connectivity index (χ0n) is 13.7. The Morgan fingerprint density at radius 1 is 1.23 bits per heavy atom. The molecule has 0 aromatic heterocycles. The minimum atomic E-state index is -3.56. The van der Waals surface area contributed by atoms with Gasteiger partial charge in [-0.25, -0.2) is 8.42 Å². The van der Waals surface area contributed by atoms with Gasteiger partial charge in [-0.3, -0.25) is 9.10 Å². The zero-order chi connectivity index (χ0) is 17.0. The largest absolute Gasteiger partial charge is 0.494 e. The fourth-order valence-electron chi connectivity index (χ4n) is 1.86. The first-order chi connectivity index (χ1) is 10.0. The van der Waals surface area contributed by atoms with Crippen LogP contribution in [0.25, 0.3) is 0 Å². The molecule has 6 nitrogen and oxygen atoms in total. The lowest BCUT2D eigenvalue weighted by molar-refractivity contribution is -0.121. The van der Waals surface area contributed by atoms with Crippen LogP contribution < -0.4 is 14.4 Å². The highest BCUT2D eigenvalue weighted by molar-refractivity contribution is 7.92. The molecule has 1 aromatic carbocycles. The number of anilines is 1. The minimum absolute atomic E-state index is 0.260. The number of hydrogen-bond acceptors (Lipinski definition) is 4. The molecule has 1 N–H and O–H groups in total. The molecule has 0 fully saturated rings. The van der Waals surface area contributed by atoms with Gasteiger partial charge in [0.05, 0.1) is 18.6 Å². The third kappa shape index (κ3) is 5.93. The number of hydrogen-bond donors (Lipinski definition) is 1. The molecular formula is C15H24N2O4S. The maximum absolute atomic E-state index is 12.0. The van der Waals surface area contributed by atoms with Crippen molar-refractivity contribution in [3.63, 3.8) is 0 Å². The Hall–Kier alpha value is -1.76. The van der Waals surface area contributed by atoms with Gasteiger partial charge >= 0.3 is 0 Å². The van der Waals surface area contributed by atoms with Crippen LogP contribution in [0, 0.1) is 0 Å². The summed E-state index contributed by atoms with van der Waals surface area (Å²) < 4.78 is 30.3. The van der Waals surface area contributed by atoms with Gasteiger partial charge in [0.1, 0.15) is 12.3 Å². The van der Waals surface area contributed by atoms with E-state index in [1.54, 1.807) is 24.3 Å². The monoisotopic (exact) mass is 328 g/mol. The fraction of sp³-hybridized carbons (Fsp3) is 0.533. The quantitative estimate of drug-likeness (QED) is 0.863. The summed E-state index contributed by atoms with van der Waals surface area (Å²) in [4.78, 5) is 12.0. The van der Waals surface area contributed by atoms with Crippen LogP contribution in [0.5, 0.6) is 5.75 Å². The highest BCUT2D eigenvalue weighted by Gasteiger charge is 2.23. The molecule has 0 spiro atoms. The van der Waals surface area contributed by atoms with Gasteiger partial charge in [-0.05, 0) is 52.0 Å². The number of carbonyl (C=O) groups is 1. The Morgan fingerprint density at radius 3 is 2.18 bits per heavy atom. The SMILES string of the molecule is CCOc1ccc(N(CC(=O)NC(C)(C)C)S(C)(=O)=O)cc1. The van der Waals surface area contributed by atoms with Gasteiger partial charge in [-0.2, -0.15) is 0 Å². The second-order valence-corrected chi connectivity index (χ2v) is 7.90. The molecule has 0 saturated carbocycles. The van der Waals surface area contributed by atoms with Gasteiger partial charge in [0, 0.05) is 5.54 Å². The molecule has 7 heteroatoms. The van der Waals surface area contributed by atoms with E-state index in [-0.39, 0.29) is 12.5 Å². The topological polar surface area (TPSA) is 75.7 Å². The first kappa shape index (κ1) is 18.3. The second-order valence-electron chi connectivity index (χ2n) is 5.99. The Morgan fingerprint density at radius 2 is 1.77 bits per heavy atom. The third-order valence-electron chi connectivity index (χ3n) is 2.64. The number of nitrogens with one attached hydrogen (secondary N) is 1. The first-order valence-electron chi connectivity index (χ1n) is 7.04. The van der Waals surface area contributed by atoms with E-state index in [0.717, 1.165) is 10.6 Å². The summed E-state index contributed by atoms with van der Waals surface area (Å²) in [5.41, 5.74) is 0.00836. The van der Waals surface area contributed by atoms with E-state index < -0.39 is 15.6 Å². The normalized spacial score (nSPS) is 11.9. The van der Waals surface area contributed by atoms with E-state index in [9.17, 15) is 13.2 Å². The molecule has 22 heavy (non-hydrogen) atoms. The lowest BCUT2D eigenvalue weighted by Gasteiger charge is -2.25. The number of ether oxygens (including phenoxy) is 1. The molecule has 1 amide bonds. The number of sulfonamides is 1. The molecule has 0 heterocycles.